The number of rotatable bonds is 7. The van der Waals surface area contributed by atoms with Crippen molar-refractivity contribution in [3.8, 4) is 0 Å². The minimum absolute atomic E-state index is 0.0741. The molecule has 2 aromatic carbocycles. The van der Waals surface area contributed by atoms with Crippen LogP contribution in [0.1, 0.15) is 16.5 Å². The summed E-state index contributed by atoms with van der Waals surface area (Å²) in [5.74, 6) is 0.144. The summed E-state index contributed by atoms with van der Waals surface area (Å²) in [6.07, 6.45) is 0.742. The summed E-state index contributed by atoms with van der Waals surface area (Å²) < 4.78 is 5.03. The summed E-state index contributed by atoms with van der Waals surface area (Å²) in [5.41, 5.74) is 1.99. The van der Waals surface area contributed by atoms with Crippen LogP contribution in [0.5, 0.6) is 0 Å². The van der Waals surface area contributed by atoms with Crippen molar-refractivity contribution in [3.63, 3.8) is 0 Å². The number of thioether (sulfide) groups is 1. The van der Waals surface area contributed by atoms with Crippen LogP contribution in [0, 0.1) is 0 Å². The maximum absolute atomic E-state index is 12.8. The molecule has 2 amide bonds. The lowest BCUT2D eigenvalue weighted by Crippen LogP contribution is -2.49. The Kier molecular flexibility index (Phi) is 7.36. The lowest BCUT2D eigenvalue weighted by atomic mass is 10.1. The van der Waals surface area contributed by atoms with Gasteiger partial charge in [0, 0.05) is 30.0 Å². The molecule has 2 atom stereocenters. The Bertz CT molecular complexity index is 818. The van der Waals surface area contributed by atoms with Crippen LogP contribution in [0.15, 0.2) is 54.6 Å². The average molecular weight is 419 g/mol. The van der Waals surface area contributed by atoms with Gasteiger partial charge in [-0.05, 0) is 18.1 Å². The molecule has 1 aliphatic heterocycles. The third-order valence-corrected chi connectivity index (χ3v) is 6.24. The molecule has 1 aliphatic rings. The normalized spacial score (nSPS) is 18.9. The SMILES string of the molecule is COCC(=O)N1[C@H](C(=O)NCCc2ccccc2)CS[C@H]1c1ccccc1Cl. The van der Waals surface area contributed by atoms with E-state index < -0.39 is 6.04 Å². The highest BCUT2D eigenvalue weighted by molar-refractivity contribution is 7.99. The van der Waals surface area contributed by atoms with Gasteiger partial charge in [0.15, 0.2) is 0 Å². The van der Waals surface area contributed by atoms with Crippen molar-refractivity contribution in [2.75, 3.05) is 26.0 Å². The van der Waals surface area contributed by atoms with Gasteiger partial charge in [0.25, 0.3) is 0 Å². The Morgan fingerprint density at radius 1 is 1.18 bits per heavy atom. The van der Waals surface area contributed by atoms with E-state index in [0.29, 0.717) is 17.3 Å². The summed E-state index contributed by atoms with van der Waals surface area (Å²) in [4.78, 5) is 27.1. The van der Waals surface area contributed by atoms with E-state index in [4.69, 9.17) is 16.3 Å². The van der Waals surface area contributed by atoms with E-state index in [-0.39, 0.29) is 23.8 Å². The molecule has 1 N–H and O–H groups in total. The van der Waals surface area contributed by atoms with Crippen molar-refractivity contribution in [1.82, 2.24) is 10.2 Å². The van der Waals surface area contributed by atoms with Crippen LogP contribution in [0.2, 0.25) is 5.02 Å². The first-order valence-corrected chi connectivity index (χ1v) is 10.5. The third-order valence-electron chi connectivity index (χ3n) is 4.59. The average Bonchev–Trinajstić information content (AvgIpc) is 3.14. The van der Waals surface area contributed by atoms with Crippen molar-refractivity contribution in [2.45, 2.75) is 17.8 Å². The predicted octanol–water partition coefficient (Wildman–Crippen LogP) is 3.29. The zero-order valence-electron chi connectivity index (χ0n) is 15.6. The molecule has 0 bridgehead atoms. The van der Waals surface area contributed by atoms with Crippen molar-refractivity contribution >= 4 is 35.2 Å². The van der Waals surface area contributed by atoms with E-state index in [1.807, 2.05) is 48.5 Å². The fraction of sp³-hybridized carbons (Fsp3) is 0.333. The Labute approximate surface area is 174 Å². The van der Waals surface area contributed by atoms with Gasteiger partial charge in [-0.3, -0.25) is 9.59 Å². The fourth-order valence-corrected chi connectivity index (χ4v) is 5.01. The van der Waals surface area contributed by atoms with Crippen LogP contribution in [0.4, 0.5) is 0 Å². The van der Waals surface area contributed by atoms with Gasteiger partial charge >= 0.3 is 0 Å². The van der Waals surface area contributed by atoms with Gasteiger partial charge in [-0.1, -0.05) is 60.1 Å². The smallest absolute Gasteiger partial charge is 0.250 e. The molecule has 1 saturated heterocycles. The van der Waals surface area contributed by atoms with E-state index in [2.05, 4.69) is 5.32 Å². The summed E-state index contributed by atoms with van der Waals surface area (Å²) in [7, 11) is 1.47. The predicted molar refractivity (Wildman–Crippen MR) is 112 cm³/mol. The van der Waals surface area contributed by atoms with E-state index in [9.17, 15) is 9.59 Å². The number of ether oxygens (including phenoxy) is 1. The molecule has 5 nitrogen and oxygen atoms in total. The lowest BCUT2D eigenvalue weighted by Gasteiger charge is -2.29. The number of nitrogens with zero attached hydrogens (tertiary/aromatic N) is 1. The van der Waals surface area contributed by atoms with E-state index in [1.54, 1.807) is 22.7 Å². The van der Waals surface area contributed by atoms with Gasteiger partial charge in [0.1, 0.15) is 18.0 Å². The van der Waals surface area contributed by atoms with Crippen LogP contribution < -0.4 is 5.32 Å². The number of carbonyl (C=O) groups excluding carboxylic acids is 2. The van der Waals surface area contributed by atoms with Crippen LogP contribution in [-0.4, -0.2) is 48.8 Å². The number of hydrogen-bond acceptors (Lipinski definition) is 4. The highest BCUT2D eigenvalue weighted by Crippen LogP contribution is 2.43. The minimum Gasteiger partial charge on any atom is -0.375 e. The second kappa shape index (κ2) is 9.96. The van der Waals surface area contributed by atoms with Gasteiger partial charge in [-0.15, -0.1) is 11.8 Å². The van der Waals surface area contributed by atoms with Crippen molar-refractivity contribution < 1.29 is 14.3 Å². The van der Waals surface area contributed by atoms with Crippen molar-refractivity contribution in [3.05, 3.63) is 70.7 Å². The molecule has 1 heterocycles. The number of benzene rings is 2. The Morgan fingerprint density at radius 2 is 1.89 bits per heavy atom. The molecule has 148 valence electrons. The molecule has 7 heteroatoms. The fourth-order valence-electron chi connectivity index (χ4n) is 3.22. The minimum atomic E-state index is -0.551. The number of hydrogen-bond donors (Lipinski definition) is 1. The molecule has 3 rings (SSSR count). The lowest BCUT2D eigenvalue weighted by molar-refractivity contribution is -0.142. The first-order valence-electron chi connectivity index (χ1n) is 9.09. The second-order valence-electron chi connectivity index (χ2n) is 6.48. The highest BCUT2D eigenvalue weighted by atomic mass is 35.5. The molecule has 0 aromatic heterocycles. The van der Waals surface area contributed by atoms with E-state index in [1.165, 1.54) is 7.11 Å². The maximum atomic E-state index is 12.8. The molecule has 0 radical (unpaired) electrons. The second-order valence-corrected chi connectivity index (χ2v) is 8.00. The summed E-state index contributed by atoms with van der Waals surface area (Å²) in [6, 6.07) is 16.8. The molecule has 2 aromatic rings. The zero-order chi connectivity index (χ0) is 19.9. The van der Waals surface area contributed by atoms with Gasteiger partial charge in [0.05, 0.1) is 0 Å². The van der Waals surface area contributed by atoms with E-state index >= 15 is 0 Å². The van der Waals surface area contributed by atoms with Gasteiger partial charge in [-0.25, -0.2) is 0 Å². The summed E-state index contributed by atoms with van der Waals surface area (Å²) >= 11 is 7.89. The van der Waals surface area contributed by atoms with Crippen LogP contribution in [0.3, 0.4) is 0 Å². The Balaban J connectivity index is 1.70. The topological polar surface area (TPSA) is 58.6 Å². The monoisotopic (exact) mass is 418 g/mol. The molecule has 0 unspecified atom stereocenters. The first kappa shape index (κ1) is 20.7. The number of halogens is 1. The van der Waals surface area contributed by atoms with Gasteiger partial charge < -0.3 is 15.0 Å². The van der Waals surface area contributed by atoms with Crippen molar-refractivity contribution in [1.29, 1.82) is 0 Å². The quantitative estimate of drug-likeness (QED) is 0.749. The number of carbonyl (C=O) groups is 2. The standard InChI is InChI=1S/C21H23ClN2O3S/c1-27-13-19(25)24-18(14-28-21(24)16-9-5-6-10-17(16)22)20(26)23-12-11-15-7-3-2-4-8-15/h2-10,18,21H,11-14H2,1H3,(H,23,26)/t18-,21-/m0/s1. The summed E-state index contributed by atoms with van der Waals surface area (Å²) in [5, 5.41) is 3.25. The van der Waals surface area contributed by atoms with Crippen molar-refractivity contribution in [2.24, 2.45) is 0 Å². The molecular formula is C21H23ClN2O3S. The molecule has 0 aliphatic carbocycles. The number of methoxy groups -OCH3 is 1. The molecular weight excluding hydrogens is 396 g/mol. The number of nitrogens with one attached hydrogen (secondary N) is 1. The molecule has 28 heavy (non-hydrogen) atoms. The van der Waals surface area contributed by atoms with Crippen LogP contribution in [-0.2, 0) is 20.7 Å². The third kappa shape index (κ3) is 4.87. The van der Waals surface area contributed by atoms with Crippen LogP contribution in [0.25, 0.3) is 0 Å². The van der Waals surface area contributed by atoms with E-state index in [0.717, 1.165) is 17.5 Å². The molecule has 0 spiro atoms. The van der Waals surface area contributed by atoms with Gasteiger partial charge in [0.2, 0.25) is 11.8 Å². The first-order chi connectivity index (χ1) is 13.6. The highest BCUT2D eigenvalue weighted by Gasteiger charge is 2.42. The number of amides is 2. The molecule has 1 fully saturated rings. The van der Waals surface area contributed by atoms with Crippen LogP contribution >= 0.6 is 23.4 Å². The molecule has 0 saturated carbocycles. The largest absolute Gasteiger partial charge is 0.375 e. The maximum Gasteiger partial charge on any atom is 0.250 e. The Hall–Kier alpha value is -2.02. The van der Waals surface area contributed by atoms with Gasteiger partial charge in [-0.2, -0.15) is 0 Å². The summed E-state index contributed by atoms with van der Waals surface area (Å²) in [6.45, 7) is 0.447. The zero-order valence-corrected chi connectivity index (χ0v) is 17.2. The Morgan fingerprint density at radius 3 is 2.61 bits per heavy atom.